The van der Waals surface area contributed by atoms with Crippen molar-refractivity contribution in [3.63, 3.8) is 0 Å². The molecule has 0 bridgehead atoms. The lowest BCUT2D eigenvalue weighted by atomic mass is 10.2. The van der Waals surface area contributed by atoms with Gasteiger partial charge in [0.1, 0.15) is 0 Å². The molecule has 0 spiro atoms. The minimum atomic E-state index is -3.47. The normalized spacial score (nSPS) is 12.4. The predicted octanol–water partition coefficient (Wildman–Crippen LogP) is 1.61. The smallest absolute Gasteiger partial charge is 0.211 e. The number of nitrogens with one attached hydrogen (secondary N) is 1. The van der Waals surface area contributed by atoms with E-state index in [9.17, 15) is 16.8 Å². The lowest BCUT2D eigenvalue weighted by molar-refractivity contribution is 0.412. The summed E-state index contributed by atoms with van der Waals surface area (Å²) in [4.78, 5) is 0. The van der Waals surface area contributed by atoms with Crippen LogP contribution in [0.2, 0.25) is 0 Å². The third kappa shape index (κ3) is 7.25. The molecule has 0 atom stereocenters. The first-order valence-electron chi connectivity index (χ1n) is 8.26. The van der Waals surface area contributed by atoms with Crippen molar-refractivity contribution in [1.82, 2.24) is 9.03 Å². The summed E-state index contributed by atoms with van der Waals surface area (Å²) < 4.78 is 51.9. The van der Waals surface area contributed by atoms with E-state index in [0.717, 1.165) is 17.4 Å². The maximum Gasteiger partial charge on any atom is 0.211 e. The second-order valence-corrected chi connectivity index (χ2v) is 9.94. The number of aryl methyl sites for hydroxylation is 1. The van der Waals surface area contributed by atoms with Gasteiger partial charge >= 0.3 is 0 Å². The third-order valence-corrected chi connectivity index (χ3v) is 6.49. The molecular formula is C18H24N2O4S2. The summed E-state index contributed by atoms with van der Waals surface area (Å²) in [5, 5.41) is 0. The largest absolute Gasteiger partial charge is 0.214 e. The van der Waals surface area contributed by atoms with Crippen molar-refractivity contribution in [3.05, 3.63) is 71.8 Å². The first-order chi connectivity index (χ1) is 12.3. The average molecular weight is 397 g/mol. The van der Waals surface area contributed by atoms with Crippen LogP contribution in [-0.2, 0) is 33.0 Å². The summed E-state index contributed by atoms with van der Waals surface area (Å²) in [6, 6.07) is 18.6. The summed E-state index contributed by atoms with van der Waals surface area (Å²) >= 11 is 0. The molecule has 142 valence electrons. The maximum atomic E-state index is 12.1. The van der Waals surface area contributed by atoms with Crippen LogP contribution in [0.25, 0.3) is 0 Å². The fourth-order valence-electron chi connectivity index (χ4n) is 2.44. The molecule has 0 aliphatic heterocycles. The van der Waals surface area contributed by atoms with Gasteiger partial charge in [-0.05, 0) is 17.5 Å². The fraction of sp³-hybridized carbons (Fsp3) is 0.333. The van der Waals surface area contributed by atoms with Gasteiger partial charge in [-0.25, -0.2) is 21.6 Å². The van der Waals surface area contributed by atoms with Crippen LogP contribution < -0.4 is 4.72 Å². The van der Waals surface area contributed by atoms with Crippen LogP contribution in [0, 0.1) is 0 Å². The topological polar surface area (TPSA) is 83.6 Å². The SMILES string of the molecule is CS(=O)(=O)N(CCNS(=O)(=O)CCc1ccccc1)Cc1ccccc1. The Hall–Kier alpha value is -1.74. The zero-order valence-electron chi connectivity index (χ0n) is 14.7. The molecule has 0 unspecified atom stereocenters. The molecule has 2 rings (SSSR count). The van der Waals surface area contributed by atoms with Crippen molar-refractivity contribution in [1.29, 1.82) is 0 Å². The Morgan fingerprint density at radius 2 is 1.38 bits per heavy atom. The molecule has 0 heterocycles. The third-order valence-electron chi connectivity index (χ3n) is 3.86. The van der Waals surface area contributed by atoms with Crippen molar-refractivity contribution in [2.75, 3.05) is 25.1 Å². The van der Waals surface area contributed by atoms with E-state index in [1.807, 2.05) is 60.7 Å². The van der Waals surface area contributed by atoms with Gasteiger partial charge in [0.15, 0.2) is 0 Å². The maximum absolute atomic E-state index is 12.1. The van der Waals surface area contributed by atoms with Gasteiger partial charge in [0.25, 0.3) is 0 Å². The second kappa shape index (κ2) is 9.27. The van der Waals surface area contributed by atoms with E-state index in [2.05, 4.69) is 4.72 Å². The minimum absolute atomic E-state index is 0.0332. The van der Waals surface area contributed by atoms with Crippen LogP contribution in [0.1, 0.15) is 11.1 Å². The molecule has 0 saturated carbocycles. The van der Waals surface area contributed by atoms with E-state index in [1.54, 1.807) is 0 Å². The van der Waals surface area contributed by atoms with E-state index in [0.29, 0.717) is 6.42 Å². The number of benzene rings is 2. The molecule has 26 heavy (non-hydrogen) atoms. The van der Waals surface area contributed by atoms with Gasteiger partial charge in [-0.15, -0.1) is 0 Å². The molecule has 0 aliphatic carbocycles. The monoisotopic (exact) mass is 396 g/mol. The highest BCUT2D eigenvalue weighted by atomic mass is 32.2. The number of hydrogen-bond acceptors (Lipinski definition) is 4. The van der Waals surface area contributed by atoms with Crippen molar-refractivity contribution in [2.45, 2.75) is 13.0 Å². The highest BCUT2D eigenvalue weighted by Gasteiger charge is 2.18. The van der Waals surface area contributed by atoms with Gasteiger partial charge in [0.05, 0.1) is 12.0 Å². The number of sulfonamides is 2. The quantitative estimate of drug-likeness (QED) is 0.661. The summed E-state index contributed by atoms with van der Waals surface area (Å²) in [7, 11) is -6.90. The fourth-order valence-corrected chi connectivity index (χ4v) is 4.30. The van der Waals surface area contributed by atoms with Crippen LogP contribution in [0.4, 0.5) is 0 Å². The lowest BCUT2D eigenvalue weighted by Gasteiger charge is -2.20. The van der Waals surface area contributed by atoms with Crippen LogP contribution in [0.5, 0.6) is 0 Å². The molecule has 2 aromatic rings. The van der Waals surface area contributed by atoms with E-state index in [1.165, 1.54) is 4.31 Å². The van der Waals surface area contributed by atoms with Gasteiger partial charge in [-0.3, -0.25) is 0 Å². The molecule has 0 aliphatic rings. The number of rotatable bonds is 10. The molecular weight excluding hydrogens is 372 g/mol. The van der Waals surface area contributed by atoms with E-state index >= 15 is 0 Å². The summed E-state index contributed by atoms with van der Waals surface area (Å²) in [6.45, 7) is 0.334. The average Bonchev–Trinajstić information content (AvgIpc) is 2.60. The highest BCUT2D eigenvalue weighted by Crippen LogP contribution is 2.08. The van der Waals surface area contributed by atoms with Crippen molar-refractivity contribution in [3.8, 4) is 0 Å². The Kier molecular flexibility index (Phi) is 7.33. The predicted molar refractivity (Wildman–Crippen MR) is 104 cm³/mol. The lowest BCUT2D eigenvalue weighted by Crippen LogP contribution is -2.38. The van der Waals surface area contributed by atoms with Gasteiger partial charge < -0.3 is 0 Å². The van der Waals surface area contributed by atoms with Gasteiger partial charge in [-0.2, -0.15) is 4.31 Å². The molecule has 0 amide bonds. The molecule has 2 aromatic carbocycles. The Balaban J connectivity index is 1.88. The first kappa shape index (κ1) is 20.6. The second-order valence-electron chi connectivity index (χ2n) is 6.03. The van der Waals surface area contributed by atoms with Gasteiger partial charge in [-0.1, -0.05) is 60.7 Å². The van der Waals surface area contributed by atoms with Gasteiger partial charge in [0.2, 0.25) is 20.0 Å². The van der Waals surface area contributed by atoms with Crippen molar-refractivity contribution in [2.24, 2.45) is 0 Å². The zero-order valence-corrected chi connectivity index (χ0v) is 16.3. The number of hydrogen-bond donors (Lipinski definition) is 1. The number of nitrogens with zero attached hydrogens (tertiary/aromatic N) is 1. The highest BCUT2D eigenvalue weighted by molar-refractivity contribution is 7.89. The van der Waals surface area contributed by atoms with E-state index in [4.69, 9.17) is 0 Å². The summed E-state index contributed by atoms with van der Waals surface area (Å²) in [5.41, 5.74) is 1.80. The Bertz CT molecular complexity index is 883. The molecule has 8 heteroatoms. The molecule has 0 radical (unpaired) electrons. The van der Waals surface area contributed by atoms with E-state index < -0.39 is 20.0 Å². The Labute approximate surface area is 156 Å². The standard InChI is InChI=1S/C18H24N2O4S2/c1-25(21,22)20(16-18-10-6-3-7-11-18)14-13-19-26(23,24)15-12-17-8-4-2-5-9-17/h2-11,19H,12-16H2,1H3. The minimum Gasteiger partial charge on any atom is -0.214 e. The van der Waals surface area contributed by atoms with Gasteiger partial charge in [0, 0.05) is 19.6 Å². The van der Waals surface area contributed by atoms with E-state index in [-0.39, 0.29) is 25.4 Å². The summed E-state index contributed by atoms with van der Waals surface area (Å²) in [6.07, 6.45) is 1.54. The molecule has 1 N–H and O–H groups in total. The van der Waals surface area contributed by atoms with Crippen molar-refractivity contribution >= 4 is 20.0 Å². The molecule has 0 aromatic heterocycles. The summed E-state index contributed by atoms with van der Waals surface area (Å²) in [5.74, 6) is -0.0332. The Morgan fingerprint density at radius 1 is 0.846 bits per heavy atom. The van der Waals surface area contributed by atoms with Crippen LogP contribution >= 0.6 is 0 Å². The molecule has 6 nitrogen and oxygen atoms in total. The first-order valence-corrected chi connectivity index (χ1v) is 11.8. The molecule has 0 saturated heterocycles. The van der Waals surface area contributed by atoms with Crippen LogP contribution in [0.15, 0.2) is 60.7 Å². The molecule has 0 fully saturated rings. The Morgan fingerprint density at radius 3 is 1.92 bits per heavy atom. The van der Waals surface area contributed by atoms with Crippen LogP contribution in [-0.4, -0.2) is 46.2 Å². The van der Waals surface area contributed by atoms with Crippen molar-refractivity contribution < 1.29 is 16.8 Å². The van der Waals surface area contributed by atoms with Crippen LogP contribution in [0.3, 0.4) is 0 Å². The zero-order chi connectivity index (χ0) is 19.0.